The van der Waals surface area contributed by atoms with E-state index in [-0.39, 0.29) is 10.5 Å². The van der Waals surface area contributed by atoms with Crippen molar-refractivity contribution in [3.63, 3.8) is 0 Å². The summed E-state index contributed by atoms with van der Waals surface area (Å²) in [4.78, 5) is 11.6. The molecule has 126 valence electrons. The highest BCUT2D eigenvalue weighted by atomic mass is 35.5. The molecule has 0 bridgehead atoms. The number of sulfonamides is 1. The van der Waals surface area contributed by atoms with Gasteiger partial charge in [0.1, 0.15) is 0 Å². The van der Waals surface area contributed by atoms with Crippen LogP contribution in [0.3, 0.4) is 0 Å². The third-order valence-electron chi connectivity index (χ3n) is 4.06. The van der Waals surface area contributed by atoms with Crippen LogP contribution in [0.1, 0.15) is 23.2 Å². The first-order valence-electron chi connectivity index (χ1n) is 7.53. The van der Waals surface area contributed by atoms with E-state index < -0.39 is 16.0 Å². The zero-order chi connectivity index (χ0) is 17.3. The van der Waals surface area contributed by atoms with Gasteiger partial charge in [-0.1, -0.05) is 23.7 Å². The van der Waals surface area contributed by atoms with Gasteiger partial charge in [-0.15, -0.1) is 0 Å². The summed E-state index contributed by atoms with van der Waals surface area (Å²) < 4.78 is 26.8. The summed E-state index contributed by atoms with van der Waals surface area (Å²) in [6, 6.07) is 10.8. The average Bonchev–Trinajstić information content (AvgIpc) is 3.10. The lowest BCUT2D eigenvalue weighted by molar-refractivity contribution is 0.0697. The van der Waals surface area contributed by atoms with E-state index in [9.17, 15) is 18.3 Å². The van der Waals surface area contributed by atoms with Crippen molar-refractivity contribution in [2.75, 3.05) is 13.1 Å². The molecule has 0 aliphatic carbocycles. The second-order valence-electron chi connectivity index (χ2n) is 5.63. The Morgan fingerprint density at radius 2 is 1.79 bits per heavy atom. The van der Waals surface area contributed by atoms with Crippen LogP contribution in [0.25, 0.3) is 11.1 Å². The van der Waals surface area contributed by atoms with Crippen LogP contribution in [-0.4, -0.2) is 36.9 Å². The van der Waals surface area contributed by atoms with Crippen LogP contribution < -0.4 is 0 Å². The molecule has 24 heavy (non-hydrogen) atoms. The molecule has 5 nitrogen and oxygen atoms in total. The van der Waals surface area contributed by atoms with Crippen molar-refractivity contribution in [3.05, 3.63) is 53.1 Å². The molecule has 1 saturated heterocycles. The molecular formula is C17H16ClNO4S. The van der Waals surface area contributed by atoms with Gasteiger partial charge in [0.05, 0.1) is 10.5 Å². The van der Waals surface area contributed by atoms with Crippen LogP contribution in [-0.2, 0) is 10.0 Å². The zero-order valence-electron chi connectivity index (χ0n) is 12.8. The van der Waals surface area contributed by atoms with Crippen LogP contribution in [0.15, 0.2) is 47.4 Å². The van der Waals surface area contributed by atoms with E-state index in [1.54, 1.807) is 12.1 Å². The van der Waals surface area contributed by atoms with E-state index in [1.807, 2.05) is 0 Å². The maximum atomic E-state index is 12.7. The fourth-order valence-electron chi connectivity index (χ4n) is 2.84. The van der Waals surface area contributed by atoms with Gasteiger partial charge in [0, 0.05) is 18.1 Å². The first-order chi connectivity index (χ1) is 11.4. The Morgan fingerprint density at radius 1 is 1.08 bits per heavy atom. The molecule has 7 heteroatoms. The Balaban J connectivity index is 2.09. The normalized spacial score (nSPS) is 15.5. The van der Waals surface area contributed by atoms with Gasteiger partial charge in [-0.3, -0.25) is 0 Å². The minimum atomic E-state index is -3.56. The molecule has 0 spiro atoms. The molecule has 0 aromatic heterocycles. The van der Waals surface area contributed by atoms with Gasteiger partial charge < -0.3 is 5.11 Å². The zero-order valence-corrected chi connectivity index (χ0v) is 14.3. The lowest BCUT2D eigenvalue weighted by atomic mass is 10.00. The van der Waals surface area contributed by atoms with E-state index in [0.717, 1.165) is 12.8 Å². The SMILES string of the molecule is O=C(O)c1ccc(Cl)cc1-c1cccc(S(=O)(=O)N2CCCC2)c1. The summed E-state index contributed by atoms with van der Waals surface area (Å²) in [6.45, 7) is 1.04. The average molecular weight is 366 g/mol. The van der Waals surface area contributed by atoms with Crippen LogP contribution in [0.4, 0.5) is 0 Å². The molecule has 1 N–H and O–H groups in total. The highest BCUT2D eigenvalue weighted by Gasteiger charge is 2.27. The predicted molar refractivity (Wildman–Crippen MR) is 91.8 cm³/mol. The van der Waals surface area contributed by atoms with Crippen LogP contribution >= 0.6 is 11.6 Å². The van der Waals surface area contributed by atoms with Gasteiger partial charge in [0.25, 0.3) is 0 Å². The number of carboxylic acid groups (broad SMARTS) is 1. The van der Waals surface area contributed by atoms with Crippen molar-refractivity contribution < 1.29 is 18.3 Å². The summed E-state index contributed by atoms with van der Waals surface area (Å²) in [6.07, 6.45) is 1.72. The van der Waals surface area contributed by atoms with Gasteiger partial charge in [-0.25, -0.2) is 13.2 Å². The molecule has 1 heterocycles. The number of hydrogen-bond acceptors (Lipinski definition) is 3. The van der Waals surface area contributed by atoms with Gasteiger partial charge in [-0.05, 0) is 54.3 Å². The number of hydrogen-bond donors (Lipinski definition) is 1. The van der Waals surface area contributed by atoms with E-state index in [2.05, 4.69) is 0 Å². The topological polar surface area (TPSA) is 74.7 Å². The smallest absolute Gasteiger partial charge is 0.336 e. The molecule has 0 radical (unpaired) electrons. The molecule has 1 aliphatic rings. The van der Waals surface area contributed by atoms with Crippen molar-refractivity contribution in [2.45, 2.75) is 17.7 Å². The Morgan fingerprint density at radius 3 is 2.46 bits per heavy atom. The number of aromatic carboxylic acids is 1. The fraction of sp³-hybridized carbons (Fsp3) is 0.235. The highest BCUT2D eigenvalue weighted by molar-refractivity contribution is 7.89. The lowest BCUT2D eigenvalue weighted by Crippen LogP contribution is -2.27. The molecule has 0 amide bonds. The van der Waals surface area contributed by atoms with Gasteiger partial charge in [0.2, 0.25) is 10.0 Å². The molecule has 2 aromatic rings. The van der Waals surface area contributed by atoms with Crippen LogP contribution in [0.2, 0.25) is 5.02 Å². The van der Waals surface area contributed by atoms with E-state index in [1.165, 1.54) is 34.6 Å². The highest BCUT2D eigenvalue weighted by Crippen LogP contribution is 2.30. The molecule has 3 rings (SSSR count). The number of carboxylic acids is 1. The standard InChI is InChI=1S/C17H16ClNO4S/c18-13-6-7-15(17(20)21)16(11-13)12-4-3-5-14(10-12)24(22,23)19-8-1-2-9-19/h3-7,10-11H,1-2,8-9H2,(H,20,21). The van der Waals surface area contributed by atoms with E-state index >= 15 is 0 Å². The third kappa shape index (κ3) is 3.17. The summed E-state index contributed by atoms with van der Waals surface area (Å²) in [5, 5.41) is 9.74. The second-order valence-corrected chi connectivity index (χ2v) is 8.01. The molecule has 1 fully saturated rings. The van der Waals surface area contributed by atoms with Gasteiger partial charge >= 0.3 is 5.97 Å². The summed E-state index contributed by atoms with van der Waals surface area (Å²) >= 11 is 5.99. The Kier molecular flexibility index (Phi) is 4.62. The van der Waals surface area contributed by atoms with Gasteiger partial charge in [-0.2, -0.15) is 4.31 Å². The maximum Gasteiger partial charge on any atom is 0.336 e. The summed E-state index contributed by atoms with van der Waals surface area (Å²) in [5.74, 6) is -1.09. The van der Waals surface area contributed by atoms with Crippen LogP contribution in [0, 0.1) is 0 Å². The molecule has 0 saturated carbocycles. The fourth-order valence-corrected chi connectivity index (χ4v) is 4.58. The number of nitrogens with zero attached hydrogens (tertiary/aromatic N) is 1. The summed E-state index contributed by atoms with van der Waals surface area (Å²) in [7, 11) is -3.56. The molecule has 2 aromatic carbocycles. The van der Waals surface area contributed by atoms with Crippen molar-refractivity contribution in [2.24, 2.45) is 0 Å². The Hall–Kier alpha value is -1.89. The Bertz CT molecular complexity index is 889. The monoisotopic (exact) mass is 365 g/mol. The minimum Gasteiger partial charge on any atom is -0.478 e. The number of rotatable bonds is 4. The number of halogens is 1. The number of carbonyl (C=O) groups is 1. The quantitative estimate of drug-likeness (QED) is 0.899. The van der Waals surface area contributed by atoms with Crippen molar-refractivity contribution in [1.82, 2.24) is 4.31 Å². The third-order valence-corrected chi connectivity index (χ3v) is 6.19. The largest absolute Gasteiger partial charge is 0.478 e. The second kappa shape index (κ2) is 6.55. The van der Waals surface area contributed by atoms with Gasteiger partial charge in [0.15, 0.2) is 0 Å². The predicted octanol–water partition coefficient (Wildman–Crippen LogP) is 3.49. The first-order valence-corrected chi connectivity index (χ1v) is 9.35. The lowest BCUT2D eigenvalue weighted by Gasteiger charge is -2.16. The number of benzene rings is 2. The van der Waals surface area contributed by atoms with Crippen molar-refractivity contribution >= 4 is 27.6 Å². The van der Waals surface area contributed by atoms with E-state index in [4.69, 9.17) is 11.6 Å². The molecule has 0 unspecified atom stereocenters. The van der Waals surface area contributed by atoms with Crippen molar-refractivity contribution in [3.8, 4) is 11.1 Å². The minimum absolute atomic E-state index is 0.0788. The molecular weight excluding hydrogens is 350 g/mol. The molecule has 0 atom stereocenters. The van der Waals surface area contributed by atoms with Crippen LogP contribution in [0.5, 0.6) is 0 Å². The Labute approximate surface area is 145 Å². The first kappa shape index (κ1) is 17.0. The summed E-state index contributed by atoms with van der Waals surface area (Å²) in [5.41, 5.74) is 0.985. The maximum absolute atomic E-state index is 12.7. The van der Waals surface area contributed by atoms with Crippen molar-refractivity contribution in [1.29, 1.82) is 0 Å². The molecule has 1 aliphatic heterocycles. The van der Waals surface area contributed by atoms with E-state index in [0.29, 0.717) is 29.2 Å².